The molecule has 3 aliphatic rings. The van der Waals surface area contributed by atoms with Gasteiger partial charge in [0.2, 0.25) is 12.7 Å². The molecule has 0 saturated carbocycles. The van der Waals surface area contributed by atoms with Gasteiger partial charge in [-0.15, -0.1) is 0 Å². The first-order valence-corrected chi connectivity index (χ1v) is 7.70. The van der Waals surface area contributed by atoms with E-state index in [1.54, 1.807) is 23.1 Å². The summed E-state index contributed by atoms with van der Waals surface area (Å²) in [6.07, 6.45) is 2.19. The van der Waals surface area contributed by atoms with Gasteiger partial charge < -0.3 is 19.3 Å². The lowest BCUT2D eigenvalue weighted by Crippen LogP contribution is -2.56. The molecule has 0 bridgehead atoms. The van der Waals surface area contributed by atoms with Gasteiger partial charge in [0.15, 0.2) is 11.5 Å². The first-order valence-electron chi connectivity index (χ1n) is 7.70. The molecule has 0 N–H and O–H groups in total. The molecule has 1 aromatic rings. The fourth-order valence-corrected chi connectivity index (χ4v) is 3.21. The van der Waals surface area contributed by atoms with Gasteiger partial charge in [-0.1, -0.05) is 0 Å². The number of fused-ring (bicyclic) bond motifs is 1. The Bertz CT molecular complexity index is 619. The van der Waals surface area contributed by atoms with Gasteiger partial charge in [0, 0.05) is 31.7 Å². The number of benzene rings is 1. The highest BCUT2D eigenvalue weighted by atomic mass is 16.7. The molecule has 22 heavy (non-hydrogen) atoms. The van der Waals surface area contributed by atoms with E-state index >= 15 is 0 Å². The van der Waals surface area contributed by atoms with Crippen molar-refractivity contribution < 1.29 is 19.1 Å². The summed E-state index contributed by atoms with van der Waals surface area (Å²) in [5.74, 6) is 1.39. The smallest absolute Gasteiger partial charge is 0.254 e. The molecule has 0 radical (unpaired) electrons. The van der Waals surface area contributed by atoms with E-state index in [0.717, 1.165) is 25.9 Å². The minimum absolute atomic E-state index is 0.0314. The van der Waals surface area contributed by atoms with Crippen molar-refractivity contribution in [1.82, 2.24) is 9.80 Å². The Morgan fingerprint density at radius 1 is 1.00 bits per heavy atom. The van der Waals surface area contributed by atoms with Crippen molar-refractivity contribution in [3.8, 4) is 11.5 Å². The average Bonchev–Trinajstić information content (AvgIpc) is 3.15. The van der Waals surface area contributed by atoms with Crippen LogP contribution < -0.4 is 9.47 Å². The first kappa shape index (κ1) is 13.4. The summed E-state index contributed by atoms with van der Waals surface area (Å²) in [5, 5.41) is 0. The number of hydrogen-bond donors (Lipinski definition) is 0. The van der Waals surface area contributed by atoms with Crippen LogP contribution in [0.15, 0.2) is 18.2 Å². The Morgan fingerprint density at radius 2 is 1.73 bits per heavy atom. The van der Waals surface area contributed by atoms with Crippen molar-refractivity contribution in [2.24, 2.45) is 5.92 Å². The maximum Gasteiger partial charge on any atom is 0.254 e. The van der Waals surface area contributed by atoms with E-state index < -0.39 is 0 Å². The number of carbonyl (C=O) groups is 2. The van der Waals surface area contributed by atoms with Gasteiger partial charge >= 0.3 is 0 Å². The van der Waals surface area contributed by atoms with E-state index in [-0.39, 0.29) is 24.5 Å². The number of ether oxygens (including phenoxy) is 2. The van der Waals surface area contributed by atoms with E-state index in [4.69, 9.17) is 9.47 Å². The molecule has 3 aliphatic heterocycles. The topological polar surface area (TPSA) is 59.1 Å². The van der Waals surface area contributed by atoms with Crippen LogP contribution in [0.25, 0.3) is 0 Å². The van der Waals surface area contributed by atoms with Crippen molar-refractivity contribution in [3.63, 3.8) is 0 Å². The molecule has 0 spiro atoms. The van der Waals surface area contributed by atoms with Crippen molar-refractivity contribution in [2.75, 3.05) is 33.0 Å². The summed E-state index contributed by atoms with van der Waals surface area (Å²) >= 11 is 0. The van der Waals surface area contributed by atoms with E-state index in [2.05, 4.69) is 0 Å². The molecule has 0 atom stereocenters. The van der Waals surface area contributed by atoms with Crippen LogP contribution in [-0.4, -0.2) is 54.6 Å². The maximum atomic E-state index is 12.4. The van der Waals surface area contributed by atoms with Crippen LogP contribution in [-0.2, 0) is 4.79 Å². The van der Waals surface area contributed by atoms with E-state index in [1.807, 2.05) is 4.90 Å². The van der Waals surface area contributed by atoms with E-state index in [0.29, 0.717) is 30.2 Å². The lowest BCUT2D eigenvalue weighted by Gasteiger charge is -2.39. The molecule has 6 heteroatoms. The molecule has 3 heterocycles. The predicted octanol–water partition coefficient (Wildman–Crippen LogP) is 1.11. The average molecular weight is 302 g/mol. The summed E-state index contributed by atoms with van der Waals surface area (Å²) in [5.41, 5.74) is 0.580. The third-order valence-electron chi connectivity index (χ3n) is 4.56. The SMILES string of the molecule is O=C(c1ccc2c(c1)OCO2)N1CC(C(=O)N2CCCC2)C1. The molecule has 2 fully saturated rings. The Kier molecular flexibility index (Phi) is 3.17. The number of likely N-dealkylation sites (tertiary alicyclic amines) is 2. The quantitative estimate of drug-likeness (QED) is 0.821. The lowest BCUT2D eigenvalue weighted by molar-refractivity contribution is -0.138. The summed E-state index contributed by atoms with van der Waals surface area (Å²) < 4.78 is 10.5. The molecule has 0 aromatic heterocycles. The number of hydrogen-bond acceptors (Lipinski definition) is 4. The van der Waals surface area contributed by atoms with Gasteiger partial charge in [-0.3, -0.25) is 9.59 Å². The molecule has 2 saturated heterocycles. The van der Waals surface area contributed by atoms with E-state index in [9.17, 15) is 9.59 Å². The molecule has 2 amide bonds. The number of carbonyl (C=O) groups excluding carboxylic acids is 2. The summed E-state index contributed by atoms with van der Waals surface area (Å²) in [6, 6.07) is 5.20. The van der Waals surface area contributed by atoms with Crippen molar-refractivity contribution in [1.29, 1.82) is 0 Å². The predicted molar refractivity (Wildman–Crippen MR) is 77.8 cm³/mol. The largest absolute Gasteiger partial charge is 0.454 e. The summed E-state index contributed by atoms with van der Waals surface area (Å²) in [6.45, 7) is 2.96. The van der Waals surface area contributed by atoms with E-state index in [1.165, 1.54) is 0 Å². The second-order valence-corrected chi connectivity index (χ2v) is 6.01. The minimum atomic E-state index is -0.0521. The highest BCUT2D eigenvalue weighted by molar-refractivity contribution is 5.96. The van der Waals surface area contributed by atoms with Crippen LogP contribution in [0, 0.1) is 5.92 Å². The van der Waals surface area contributed by atoms with Crippen LogP contribution in [0.4, 0.5) is 0 Å². The van der Waals surface area contributed by atoms with Gasteiger partial charge in [0.1, 0.15) is 0 Å². The molecule has 4 rings (SSSR count). The molecule has 6 nitrogen and oxygen atoms in total. The fourth-order valence-electron chi connectivity index (χ4n) is 3.21. The molecule has 116 valence electrons. The fraction of sp³-hybridized carbons (Fsp3) is 0.500. The summed E-state index contributed by atoms with van der Waals surface area (Å²) in [7, 11) is 0. The van der Waals surface area contributed by atoms with Crippen LogP contribution in [0.2, 0.25) is 0 Å². The second kappa shape index (κ2) is 5.19. The number of amides is 2. The standard InChI is InChI=1S/C16H18N2O4/c19-15(11-3-4-13-14(7-11)22-10-21-13)18-8-12(9-18)16(20)17-5-1-2-6-17/h3-4,7,12H,1-2,5-6,8-10H2. The van der Waals surface area contributed by atoms with Crippen LogP contribution in [0.1, 0.15) is 23.2 Å². The van der Waals surface area contributed by atoms with Crippen molar-refractivity contribution >= 4 is 11.8 Å². The van der Waals surface area contributed by atoms with Gasteiger partial charge in [-0.25, -0.2) is 0 Å². The van der Waals surface area contributed by atoms with Crippen molar-refractivity contribution in [3.05, 3.63) is 23.8 Å². The Morgan fingerprint density at radius 3 is 2.50 bits per heavy atom. The second-order valence-electron chi connectivity index (χ2n) is 6.01. The van der Waals surface area contributed by atoms with Gasteiger partial charge in [0.05, 0.1) is 5.92 Å². The number of nitrogens with zero attached hydrogens (tertiary/aromatic N) is 2. The molecule has 0 aliphatic carbocycles. The highest BCUT2D eigenvalue weighted by Crippen LogP contribution is 2.33. The first-order chi connectivity index (χ1) is 10.7. The lowest BCUT2D eigenvalue weighted by atomic mass is 9.97. The Labute approximate surface area is 128 Å². The third kappa shape index (κ3) is 2.19. The number of rotatable bonds is 2. The minimum Gasteiger partial charge on any atom is -0.454 e. The monoisotopic (exact) mass is 302 g/mol. The third-order valence-corrected chi connectivity index (χ3v) is 4.56. The summed E-state index contributed by atoms with van der Waals surface area (Å²) in [4.78, 5) is 28.3. The zero-order chi connectivity index (χ0) is 15.1. The zero-order valence-corrected chi connectivity index (χ0v) is 12.3. The van der Waals surface area contributed by atoms with Gasteiger partial charge in [0.25, 0.3) is 5.91 Å². The Balaban J connectivity index is 1.38. The maximum absolute atomic E-state index is 12.4. The molecular formula is C16H18N2O4. The molecule has 1 aromatic carbocycles. The Hall–Kier alpha value is -2.24. The zero-order valence-electron chi connectivity index (χ0n) is 12.3. The molecule has 0 unspecified atom stereocenters. The van der Waals surface area contributed by atoms with Crippen molar-refractivity contribution in [2.45, 2.75) is 12.8 Å². The van der Waals surface area contributed by atoms with Crippen LogP contribution >= 0.6 is 0 Å². The van der Waals surface area contributed by atoms with Gasteiger partial charge in [-0.2, -0.15) is 0 Å². The normalized spacial score (nSPS) is 20.2. The molecular weight excluding hydrogens is 284 g/mol. The van der Waals surface area contributed by atoms with Crippen LogP contribution in [0.3, 0.4) is 0 Å². The highest BCUT2D eigenvalue weighted by Gasteiger charge is 2.38. The van der Waals surface area contributed by atoms with Gasteiger partial charge in [-0.05, 0) is 31.0 Å². The van der Waals surface area contributed by atoms with Crippen LogP contribution in [0.5, 0.6) is 11.5 Å².